The first-order valence-electron chi connectivity index (χ1n) is 11.5. The molecule has 1 N–H and O–H groups in total. The molecule has 0 bridgehead atoms. The van der Waals surface area contributed by atoms with E-state index in [1.54, 1.807) is 22.6 Å². The molecular formula is C26H25ClN6O3. The minimum Gasteiger partial charge on any atom is -0.496 e. The molecule has 10 heteroatoms. The van der Waals surface area contributed by atoms with Gasteiger partial charge in [-0.1, -0.05) is 11.6 Å². The SMILES string of the molecule is [C-]#[N+]Cn1nc(C)c(-c2cc3ccn4c3c(c2Cl)C(=O)N(Cc2c(OC)cc(C)[nH]c2=O)CC4)c1C. The fraction of sp³-hybridized carbons (Fsp3) is 0.308. The van der Waals surface area contributed by atoms with Gasteiger partial charge in [0.05, 0.1) is 46.7 Å². The number of aryl methyl sites for hydroxylation is 2. The maximum absolute atomic E-state index is 14.0. The molecule has 1 aliphatic heterocycles. The van der Waals surface area contributed by atoms with Crippen LogP contribution in [-0.4, -0.2) is 43.8 Å². The Hall–Kier alpha value is -4.03. The summed E-state index contributed by atoms with van der Waals surface area (Å²) in [6.07, 6.45) is 1.95. The summed E-state index contributed by atoms with van der Waals surface area (Å²) in [5, 5.41) is 5.73. The van der Waals surface area contributed by atoms with Crippen LogP contribution in [0.4, 0.5) is 0 Å². The number of H-pyrrole nitrogens is 1. The first-order valence-corrected chi connectivity index (χ1v) is 11.9. The maximum atomic E-state index is 14.0. The van der Waals surface area contributed by atoms with E-state index in [1.165, 1.54) is 7.11 Å². The number of aromatic nitrogens is 4. The largest absolute Gasteiger partial charge is 0.496 e. The Balaban J connectivity index is 1.66. The summed E-state index contributed by atoms with van der Waals surface area (Å²) >= 11 is 7.01. The van der Waals surface area contributed by atoms with Crippen molar-refractivity contribution in [2.24, 2.45) is 0 Å². The van der Waals surface area contributed by atoms with E-state index in [4.69, 9.17) is 22.9 Å². The molecule has 0 spiro atoms. The second-order valence-electron chi connectivity index (χ2n) is 8.96. The van der Waals surface area contributed by atoms with Crippen LogP contribution in [0.15, 0.2) is 29.2 Å². The standard InChI is InChI=1S/C26H25ClN6O3/c1-14-10-20(36-5)19(25(34)29-14)12-32-9-8-31-7-6-17-11-18(23(27)22(24(17)31)26(32)35)21-15(2)30-33(13-28-4)16(21)3/h6-7,10-11H,8-9,12-13H2,1-3,5H3,(H,29,34). The molecule has 3 aromatic heterocycles. The Labute approximate surface area is 212 Å². The lowest BCUT2D eigenvalue weighted by atomic mass is 9.98. The number of halogens is 1. The average molecular weight is 505 g/mol. The number of rotatable bonds is 5. The van der Waals surface area contributed by atoms with Crippen LogP contribution in [-0.2, 0) is 19.8 Å². The fourth-order valence-electron chi connectivity index (χ4n) is 5.05. The van der Waals surface area contributed by atoms with Gasteiger partial charge in [-0.2, -0.15) is 9.78 Å². The summed E-state index contributed by atoms with van der Waals surface area (Å²) in [7, 11) is 1.51. The van der Waals surface area contributed by atoms with Crippen molar-refractivity contribution >= 4 is 28.4 Å². The molecule has 5 rings (SSSR count). The van der Waals surface area contributed by atoms with Gasteiger partial charge in [-0.3, -0.25) is 14.4 Å². The highest BCUT2D eigenvalue weighted by molar-refractivity contribution is 6.38. The molecule has 36 heavy (non-hydrogen) atoms. The number of hydrogen-bond acceptors (Lipinski definition) is 4. The third-order valence-corrected chi connectivity index (χ3v) is 7.15. The zero-order valence-electron chi connectivity index (χ0n) is 20.5. The van der Waals surface area contributed by atoms with Gasteiger partial charge in [0.1, 0.15) is 5.75 Å². The summed E-state index contributed by atoms with van der Waals surface area (Å²) in [5.41, 5.74) is 5.00. The Morgan fingerprint density at radius 3 is 2.69 bits per heavy atom. The van der Waals surface area contributed by atoms with Crippen molar-refractivity contribution in [3.8, 4) is 16.9 Å². The Kier molecular flexibility index (Phi) is 5.85. The number of amides is 1. The Morgan fingerprint density at radius 2 is 1.97 bits per heavy atom. The van der Waals surface area contributed by atoms with Gasteiger partial charge in [-0.15, -0.1) is 0 Å². The van der Waals surface area contributed by atoms with E-state index in [1.807, 2.05) is 36.7 Å². The van der Waals surface area contributed by atoms with Gasteiger partial charge in [-0.25, -0.2) is 6.57 Å². The van der Waals surface area contributed by atoms with Crippen LogP contribution in [0.25, 0.3) is 26.9 Å². The van der Waals surface area contributed by atoms with Crippen molar-refractivity contribution in [1.29, 1.82) is 0 Å². The smallest absolute Gasteiger partial charge is 0.307 e. The predicted molar refractivity (Wildman–Crippen MR) is 137 cm³/mol. The number of aromatic amines is 1. The quantitative estimate of drug-likeness (QED) is 0.410. The first-order chi connectivity index (χ1) is 17.2. The molecule has 9 nitrogen and oxygen atoms in total. The monoisotopic (exact) mass is 504 g/mol. The van der Waals surface area contributed by atoms with Crippen molar-refractivity contribution in [3.63, 3.8) is 0 Å². The van der Waals surface area contributed by atoms with E-state index < -0.39 is 0 Å². The topological polar surface area (TPSA) is 89.5 Å². The zero-order chi connectivity index (χ0) is 25.7. The predicted octanol–water partition coefficient (Wildman–Crippen LogP) is 4.31. The molecule has 1 aromatic carbocycles. The number of ether oxygens (including phenoxy) is 1. The van der Waals surface area contributed by atoms with Gasteiger partial charge >= 0.3 is 6.67 Å². The number of nitrogens with zero attached hydrogens (tertiary/aromatic N) is 5. The van der Waals surface area contributed by atoms with E-state index >= 15 is 0 Å². The highest BCUT2D eigenvalue weighted by Crippen LogP contribution is 2.41. The lowest BCUT2D eigenvalue weighted by molar-refractivity contribution is 0.0744. The van der Waals surface area contributed by atoms with E-state index in [2.05, 4.69) is 14.9 Å². The van der Waals surface area contributed by atoms with E-state index in [9.17, 15) is 9.59 Å². The van der Waals surface area contributed by atoms with Crippen LogP contribution in [0.1, 0.15) is 33.0 Å². The molecular weight excluding hydrogens is 480 g/mol. The third kappa shape index (κ3) is 3.65. The lowest BCUT2D eigenvalue weighted by Gasteiger charge is -2.22. The van der Waals surface area contributed by atoms with Crippen molar-refractivity contribution in [2.45, 2.75) is 40.5 Å². The molecule has 0 atom stereocenters. The molecule has 4 aromatic rings. The number of hydrogen-bond donors (Lipinski definition) is 1. The van der Waals surface area contributed by atoms with Crippen molar-refractivity contribution < 1.29 is 9.53 Å². The van der Waals surface area contributed by atoms with Gasteiger partial charge in [0.25, 0.3) is 11.5 Å². The highest BCUT2D eigenvalue weighted by atomic mass is 35.5. The van der Waals surface area contributed by atoms with Crippen molar-refractivity contribution in [1.82, 2.24) is 24.2 Å². The van der Waals surface area contributed by atoms with E-state index in [0.29, 0.717) is 46.2 Å². The second kappa shape index (κ2) is 8.88. The molecule has 0 unspecified atom stereocenters. The van der Waals surface area contributed by atoms with Crippen molar-refractivity contribution in [2.75, 3.05) is 13.7 Å². The number of nitrogens with one attached hydrogen (secondary N) is 1. The molecule has 1 amide bonds. The van der Waals surface area contributed by atoms with Gasteiger partial charge in [0.2, 0.25) is 0 Å². The molecule has 184 valence electrons. The summed E-state index contributed by atoms with van der Waals surface area (Å²) in [4.78, 5) is 34.6. The number of carbonyl (C=O) groups is 1. The number of benzene rings is 1. The van der Waals surface area contributed by atoms with Gasteiger partial charge in [0, 0.05) is 41.5 Å². The van der Waals surface area contributed by atoms with Crippen LogP contribution in [0.2, 0.25) is 5.02 Å². The molecule has 0 radical (unpaired) electrons. The number of carbonyl (C=O) groups excluding carboxylic acids is 1. The molecule has 1 aliphatic rings. The van der Waals surface area contributed by atoms with Crippen LogP contribution < -0.4 is 10.3 Å². The molecule has 0 saturated heterocycles. The second-order valence-corrected chi connectivity index (χ2v) is 9.34. The molecule has 0 fully saturated rings. The van der Waals surface area contributed by atoms with Gasteiger partial charge < -0.3 is 19.2 Å². The number of methoxy groups -OCH3 is 1. The van der Waals surface area contributed by atoms with Crippen LogP contribution in [0.5, 0.6) is 5.75 Å². The van der Waals surface area contributed by atoms with Gasteiger partial charge in [-0.05, 0) is 39.0 Å². The molecule has 0 saturated carbocycles. The zero-order valence-corrected chi connectivity index (χ0v) is 21.2. The van der Waals surface area contributed by atoms with Crippen molar-refractivity contribution in [3.05, 3.63) is 79.4 Å². The van der Waals surface area contributed by atoms with E-state index in [0.717, 1.165) is 27.9 Å². The maximum Gasteiger partial charge on any atom is 0.307 e. The average Bonchev–Trinajstić information content (AvgIpc) is 3.31. The summed E-state index contributed by atoms with van der Waals surface area (Å²) < 4.78 is 9.12. The van der Waals surface area contributed by atoms with Crippen LogP contribution in [0.3, 0.4) is 0 Å². The summed E-state index contributed by atoms with van der Waals surface area (Å²) in [5.74, 6) is 0.187. The minimum atomic E-state index is -0.285. The van der Waals surface area contributed by atoms with Crippen LogP contribution in [0, 0.1) is 27.3 Å². The summed E-state index contributed by atoms with van der Waals surface area (Å²) in [6, 6.07) is 5.71. The Morgan fingerprint density at radius 1 is 1.19 bits per heavy atom. The normalized spacial score (nSPS) is 13.2. The highest BCUT2D eigenvalue weighted by Gasteiger charge is 2.31. The Bertz CT molecular complexity index is 1640. The molecule has 0 aliphatic carbocycles. The fourth-order valence-corrected chi connectivity index (χ4v) is 5.37. The summed E-state index contributed by atoms with van der Waals surface area (Å²) in [6.45, 7) is 13.9. The van der Waals surface area contributed by atoms with E-state index in [-0.39, 0.29) is 24.7 Å². The lowest BCUT2D eigenvalue weighted by Crippen LogP contribution is -2.34. The first kappa shape index (κ1) is 23.7. The number of pyridine rings is 1. The molecule has 4 heterocycles. The third-order valence-electron chi connectivity index (χ3n) is 6.75. The van der Waals surface area contributed by atoms with Crippen LogP contribution >= 0.6 is 11.6 Å². The van der Waals surface area contributed by atoms with Gasteiger partial charge in [0.15, 0.2) is 0 Å². The minimum absolute atomic E-state index is 0.0888.